The molecule has 44 heavy (non-hydrogen) atoms. The van der Waals surface area contributed by atoms with E-state index in [-0.39, 0.29) is 5.54 Å². The van der Waals surface area contributed by atoms with Crippen LogP contribution >= 0.6 is 0 Å². The van der Waals surface area contributed by atoms with Gasteiger partial charge in [-0.2, -0.15) is 0 Å². The van der Waals surface area contributed by atoms with Crippen LogP contribution in [-0.4, -0.2) is 33.8 Å². The summed E-state index contributed by atoms with van der Waals surface area (Å²) in [5.74, 6) is 0. The quantitative estimate of drug-likeness (QED) is 0.126. The molecule has 5 aromatic carbocycles. The van der Waals surface area contributed by atoms with E-state index in [4.69, 9.17) is 0 Å². The van der Waals surface area contributed by atoms with Crippen molar-refractivity contribution in [3.63, 3.8) is 0 Å². The van der Waals surface area contributed by atoms with E-state index in [1.54, 1.807) is 0 Å². The predicted molar refractivity (Wildman–Crippen MR) is 194 cm³/mol. The predicted octanol–water partition coefficient (Wildman–Crippen LogP) is 6.73. The van der Waals surface area contributed by atoms with E-state index in [1.807, 2.05) is 7.05 Å². The molecular formula is C40H41N3Si. The van der Waals surface area contributed by atoms with E-state index in [9.17, 15) is 0 Å². The Balaban J connectivity index is 1.57. The van der Waals surface area contributed by atoms with Crippen LogP contribution in [0.3, 0.4) is 0 Å². The summed E-state index contributed by atoms with van der Waals surface area (Å²) in [4.78, 5) is 2.18. The van der Waals surface area contributed by atoms with Gasteiger partial charge in [0.25, 0.3) is 0 Å². The molecule has 0 bridgehead atoms. The molecule has 0 saturated carbocycles. The minimum Gasteiger partial charge on any atom is -0.388 e. The molecule has 220 valence electrons. The van der Waals surface area contributed by atoms with E-state index < -0.39 is 8.07 Å². The molecule has 7 rings (SSSR count). The van der Waals surface area contributed by atoms with Crippen molar-refractivity contribution >= 4 is 62.0 Å². The van der Waals surface area contributed by atoms with E-state index >= 15 is 0 Å². The Hall–Kier alpha value is -4.54. The molecule has 0 saturated heterocycles. The number of allylic oxidation sites excluding steroid dienone is 2. The highest BCUT2D eigenvalue weighted by atomic mass is 28.3. The van der Waals surface area contributed by atoms with Gasteiger partial charge in [-0.15, -0.1) is 0 Å². The topological polar surface area (TPSA) is 20.2 Å². The number of anilines is 2. The van der Waals surface area contributed by atoms with E-state index in [2.05, 4.69) is 169 Å². The van der Waals surface area contributed by atoms with E-state index in [0.717, 1.165) is 24.9 Å². The van der Waals surface area contributed by atoms with Crippen LogP contribution in [0.2, 0.25) is 0 Å². The third-order valence-electron chi connectivity index (χ3n) is 9.85. The molecule has 0 radical (unpaired) electrons. The number of fused-ring (bicyclic) bond motifs is 3. The summed E-state index contributed by atoms with van der Waals surface area (Å²) in [7, 11) is 3.50. The second-order valence-electron chi connectivity index (χ2n) is 12.7. The van der Waals surface area contributed by atoms with Gasteiger partial charge in [-0.05, 0) is 83.3 Å². The van der Waals surface area contributed by atoms with Crippen LogP contribution in [0.15, 0.2) is 133 Å². The fraction of sp³-hybridized carbons (Fsp3) is 0.200. The Labute approximate surface area is 262 Å². The molecule has 0 amide bonds. The van der Waals surface area contributed by atoms with Crippen molar-refractivity contribution in [3.8, 4) is 0 Å². The number of benzene rings is 5. The average Bonchev–Trinajstić information content (AvgIpc) is 3.41. The first-order chi connectivity index (χ1) is 21.5. The Morgan fingerprint density at radius 2 is 1.27 bits per heavy atom. The molecule has 3 nitrogen and oxygen atoms in total. The van der Waals surface area contributed by atoms with Crippen LogP contribution in [0.1, 0.15) is 26.2 Å². The number of nitrogens with one attached hydrogen (secondary N) is 1. The van der Waals surface area contributed by atoms with Crippen molar-refractivity contribution in [2.45, 2.75) is 31.7 Å². The first-order valence-electron chi connectivity index (χ1n) is 15.8. The normalized spacial score (nSPS) is 17.9. The van der Waals surface area contributed by atoms with Crippen molar-refractivity contribution in [1.82, 2.24) is 4.57 Å². The molecule has 0 aliphatic heterocycles. The highest BCUT2D eigenvalue weighted by Crippen LogP contribution is 2.39. The third-order valence-corrected chi connectivity index (χ3v) is 14.6. The molecule has 4 heteroatoms. The van der Waals surface area contributed by atoms with Crippen LogP contribution in [0, 0.1) is 0 Å². The number of hydrogen-bond acceptors (Lipinski definition) is 2. The van der Waals surface area contributed by atoms with Gasteiger partial charge in [-0.1, -0.05) is 97.1 Å². The summed E-state index contributed by atoms with van der Waals surface area (Å²) in [6.45, 7) is 2.44. The van der Waals surface area contributed by atoms with Gasteiger partial charge in [0.2, 0.25) is 0 Å². The van der Waals surface area contributed by atoms with Gasteiger partial charge < -0.3 is 14.8 Å². The Kier molecular flexibility index (Phi) is 7.18. The third kappa shape index (κ3) is 4.48. The highest BCUT2D eigenvalue weighted by molar-refractivity contribution is 7.20. The fourth-order valence-electron chi connectivity index (χ4n) is 7.53. The zero-order valence-corrected chi connectivity index (χ0v) is 27.2. The molecule has 1 aliphatic carbocycles. The molecule has 1 heterocycles. The minimum atomic E-state index is -2.71. The van der Waals surface area contributed by atoms with Crippen molar-refractivity contribution in [2.75, 3.05) is 31.4 Å². The lowest BCUT2D eigenvalue weighted by molar-refractivity contribution is 0.307. The minimum absolute atomic E-state index is 0.0521. The summed E-state index contributed by atoms with van der Waals surface area (Å²) in [5, 5.41) is 11.6. The monoisotopic (exact) mass is 591 g/mol. The van der Waals surface area contributed by atoms with E-state index in [0.29, 0.717) is 0 Å². The van der Waals surface area contributed by atoms with Crippen molar-refractivity contribution in [3.05, 3.63) is 133 Å². The SMILES string of the molecule is CNc1ccc([Si](c2ccccc2)(c2ccc(N(C)C)cc2)c2ccc3c(c2)c2ccccc2n3C2(C)CC=CCC2)cc1. The maximum Gasteiger partial charge on any atom is 0.179 e. The molecule has 2 unspecified atom stereocenters. The largest absolute Gasteiger partial charge is 0.388 e. The number of aromatic nitrogens is 1. The average molecular weight is 592 g/mol. The molecule has 1 aromatic heterocycles. The van der Waals surface area contributed by atoms with Crippen LogP contribution < -0.4 is 31.0 Å². The van der Waals surface area contributed by atoms with Crippen LogP contribution in [0.5, 0.6) is 0 Å². The van der Waals surface area contributed by atoms with Gasteiger partial charge in [0, 0.05) is 59.9 Å². The van der Waals surface area contributed by atoms with Gasteiger partial charge in [-0.3, -0.25) is 0 Å². The first-order valence-corrected chi connectivity index (χ1v) is 17.8. The summed E-state index contributed by atoms with van der Waals surface area (Å²) in [6.07, 6.45) is 8.05. The molecule has 2 atom stereocenters. The van der Waals surface area contributed by atoms with Crippen LogP contribution in [-0.2, 0) is 5.54 Å². The molecule has 1 N–H and O–H groups in total. The molecule has 0 spiro atoms. The molecular weight excluding hydrogens is 551 g/mol. The summed E-state index contributed by atoms with van der Waals surface area (Å²) < 4.78 is 2.64. The molecule has 1 aliphatic rings. The first kappa shape index (κ1) is 28.2. The van der Waals surface area contributed by atoms with Crippen molar-refractivity contribution in [1.29, 1.82) is 0 Å². The van der Waals surface area contributed by atoms with Crippen molar-refractivity contribution < 1.29 is 0 Å². The number of rotatable bonds is 7. The lowest BCUT2D eigenvalue weighted by Gasteiger charge is -2.36. The standard InChI is InChI=1S/C40H41N3Si/c1-40(27-11-6-12-28-40)43-38-16-10-9-15-36(38)37-29-35(25-26-39(37)43)44(32-13-7-5-8-14-32,33-21-17-30(41-2)18-22-33)34-23-19-31(20-24-34)42(3)4/h5-11,13-26,29,41H,12,27-28H2,1-4H3. The maximum atomic E-state index is 3.33. The zero-order valence-electron chi connectivity index (χ0n) is 26.2. The van der Waals surface area contributed by atoms with Gasteiger partial charge in [0.1, 0.15) is 0 Å². The van der Waals surface area contributed by atoms with Crippen LogP contribution in [0.25, 0.3) is 21.8 Å². The second kappa shape index (κ2) is 11.2. The van der Waals surface area contributed by atoms with E-state index in [1.165, 1.54) is 48.2 Å². The summed E-state index contributed by atoms with van der Waals surface area (Å²) >= 11 is 0. The highest BCUT2D eigenvalue weighted by Gasteiger charge is 2.42. The zero-order chi connectivity index (χ0) is 30.3. The maximum absolute atomic E-state index is 3.33. The molecule has 6 aromatic rings. The molecule has 0 fully saturated rings. The van der Waals surface area contributed by atoms with Gasteiger partial charge in [0.05, 0.1) is 0 Å². The summed E-state index contributed by atoms with van der Waals surface area (Å²) in [6, 6.07) is 46.2. The number of nitrogens with zero attached hydrogens (tertiary/aromatic N) is 2. The van der Waals surface area contributed by atoms with Gasteiger partial charge in [0.15, 0.2) is 8.07 Å². The second-order valence-corrected chi connectivity index (χ2v) is 16.5. The fourth-order valence-corrected chi connectivity index (χ4v) is 12.2. The number of para-hydroxylation sites is 1. The van der Waals surface area contributed by atoms with Crippen molar-refractivity contribution in [2.24, 2.45) is 0 Å². The lowest BCUT2D eigenvalue weighted by atomic mass is 9.87. The Bertz CT molecular complexity index is 1950. The van der Waals surface area contributed by atoms with Gasteiger partial charge >= 0.3 is 0 Å². The Morgan fingerprint density at radius 1 is 0.659 bits per heavy atom. The Morgan fingerprint density at radius 3 is 1.93 bits per heavy atom. The van der Waals surface area contributed by atoms with Gasteiger partial charge in [-0.25, -0.2) is 0 Å². The van der Waals surface area contributed by atoms with Crippen LogP contribution in [0.4, 0.5) is 11.4 Å². The lowest BCUT2D eigenvalue weighted by Crippen LogP contribution is -2.74. The summed E-state index contributed by atoms with van der Waals surface area (Å²) in [5.41, 5.74) is 5.05. The number of hydrogen-bond donors (Lipinski definition) is 1. The smallest absolute Gasteiger partial charge is 0.179 e.